The molecule has 5 nitrogen and oxygen atoms in total. The zero-order valence-corrected chi connectivity index (χ0v) is 11.8. The summed E-state index contributed by atoms with van der Waals surface area (Å²) >= 11 is 1.36. The van der Waals surface area contributed by atoms with Crippen LogP contribution >= 0.6 is 11.3 Å². The topological polar surface area (TPSA) is 75.4 Å². The minimum absolute atomic E-state index is 0.251. The van der Waals surface area contributed by atoms with Gasteiger partial charge in [0.1, 0.15) is 5.69 Å². The molecule has 0 unspecified atom stereocenters. The highest BCUT2D eigenvalue weighted by molar-refractivity contribution is 7.13. The first kappa shape index (κ1) is 13.3. The van der Waals surface area contributed by atoms with Crippen molar-refractivity contribution in [2.24, 2.45) is 0 Å². The molecule has 1 saturated carbocycles. The summed E-state index contributed by atoms with van der Waals surface area (Å²) in [6.07, 6.45) is 5.12. The van der Waals surface area contributed by atoms with Crippen molar-refractivity contribution in [3.05, 3.63) is 29.5 Å². The van der Waals surface area contributed by atoms with Crippen molar-refractivity contribution in [2.75, 3.05) is 6.54 Å². The Bertz CT molecular complexity index is 585. The largest absolute Gasteiger partial charge is 0.462 e. The van der Waals surface area contributed by atoms with E-state index in [1.807, 2.05) is 6.07 Å². The number of hydrogen-bond acceptors (Lipinski definition) is 5. The number of aliphatic hydroxyl groups is 1. The maximum Gasteiger partial charge on any atom is 0.270 e. The Balaban J connectivity index is 1.63. The third-order valence-electron chi connectivity index (χ3n) is 3.58. The van der Waals surface area contributed by atoms with E-state index < -0.39 is 5.60 Å². The summed E-state index contributed by atoms with van der Waals surface area (Å²) in [4.78, 5) is 16.3. The Morgan fingerprint density at radius 3 is 3.00 bits per heavy atom. The van der Waals surface area contributed by atoms with Gasteiger partial charge >= 0.3 is 0 Å². The Kier molecular flexibility index (Phi) is 3.58. The lowest BCUT2D eigenvalue weighted by molar-refractivity contribution is 0.0449. The van der Waals surface area contributed by atoms with E-state index in [1.54, 1.807) is 17.7 Å². The molecule has 1 aliphatic carbocycles. The Morgan fingerprint density at radius 1 is 1.50 bits per heavy atom. The van der Waals surface area contributed by atoms with Crippen LogP contribution in [0.1, 0.15) is 36.2 Å². The number of thiazole rings is 1. The van der Waals surface area contributed by atoms with E-state index in [2.05, 4.69) is 10.3 Å². The molecule has 6 heteroatoms. The molecule has 2 heterocycles. The van der Waals surface area contributed by atoms with E-state index in [-0.39, 0.29) is 5.91 Å². The van der Waals surface area contributed by atoms with Crippen LogP contribution < -0.4 is 5.32 Å². The average molecular weight is 292 g/mol. The Morgan fingerprint density at radius 2 is 2.30 bits per heavy atom. The van der Waals surface area contributed by atoms with Crippen molar-refractivity contribution >= 4 is 17.2 Å². The van der Waals surface area contributed by atoms with Crippen molar-refractivity contribution < 1.29 is 14.3 Å². The molecular formula is C14H16N2O3S. The normalized spacial score (nSPS) is 17.2. The highest BCUT2D eigenvalue weighted by Crippen LogP contribution is 2.29. The van der Waals surface area contributed by atoms with E-state index in [4.69, 9.17) is 4.42 Å². The highest BCUT2D eigenvalue weighted by atomic mass is 32.1. The second kappa shape index (κ2) is 5.38. The summed E-state index contributed by atoms with van der Waals surface area (Å²) in [5.74, 6) is 0.405. The summed E-state index contributed by atoms with van der Waals surface area (Å²) in [5.41, 5.74) is -0.377. The van der Waals surface area contributed by atoms with Gasteiger partial charge in [-0.3, -0.25) is 4.79 Å². The standard InChI is InChI=1S/C14H16N2O3S/c17-12(15-9-14(18)5-1-2-6-14)10-8-20-13(16-10)11-4-3-7-19-11/h3-4,7-8,18H,1-2,5-6,9H2,(H,15,17). The Hall–Kier alpha value is -1.66. The molecule has 106 valence electrons. The van der Waals surface area contributed by atoms with Gasteiger partial charge in [0, 0.05) is 11.9 Å². The molecule has 0 radical (unpaired) electrons. The molecule has 0 aliphatic heterocycles. The molecule has 2 N–H and O–H groups in total. The fraction of sp³-hybridized carbons (Fsp3) is 0.429. The summed E-state index contributed by atoms with van der Waals surface area (Å²) in [5, 5.41) is 15.3. The molecule has 20 heavy (non-hydrogen) atoms. The van der Waals surface area contributed by atoms with Crippen molar-refractivity contribution in [1.82, 2.24) is 10.3 Å². The smallest absolute Gasteiger partial charge is 0.270 e. The number of rotatable bonds is 4. The minimum atomic E-state index is -0.741. The van der Waals surface area contributed by atoms with Crippen molar-refractivity contribution in [3.8, 4) is 10.8 Å². The van der Waals surface area contributed by atoms with Crippen LogP contribution in [0.25, 0.3) is 10.8 Å². The highest BCUT2D eigenvalue weighted by Gasteiger charge is 2.31. The first-order chi connectivity index (χ1) is 9.66. The van der Waals surface area contributed by atoms with Gasteiger partial charge in [0.05, 0.1) is 11.9 Å². The van der Waals surface area contributed by atoms with Crippen LogP contribution in [0.3, 0.4) is 0 Å². The monoisotopic (exact) mass is 292 g/mol. The maximum absolute atomic E-state index is 12.0. The molecule has 0 atom stereocenters. The third-order valence-corrected chi connectivity index (χ3v) is 4.44. The van der Waals surface area contributed by atoms with E-state index in [1.165, 1.54) is 11.3 Å². The van der Waals surface area contributed by atoms with Crippen molar-refractivity contribution in [2.45, 2.75) is 31.3 Å². The molecule has 2 aromatic rings. The van der Waals surface area contributed by atoms with Gasteiger partial charge in [-0.2, -0.15) is 0 Å². The lowest BCUT2D eigenvalue weighted by atomic mass is 10.0. The fourth-order valence-corrected chi connectivity index (χ4v) is 3.20. The fourth-order valence-electron chi connectivity index (χ4n) is 2.44. The number of nitrogens with zero attached hydrogens (tertiary/aromatic N) is 1. The molecule has 0 aromatic carbocycles. The number of nitrogens with one attached hydrogen (secondary N) is 1. The first-order valence-electron chi connectivity index (χ1n) is 6.66. The summed E-state index contributed by atoms with van der Waals surface area (Å²) in [6.45, 7) is 0.291. The average Bonchev–Trinajstić information content (AvgIpc) is 3.16. The molecule has 0 spiro atoms. The predicted molar refractivity (Wildman–Crippen MR) is 75.6 cm³/mol. The summed E-state index contributed by atoms with van der Waals surface area (Å²) < 4.78 is 5.25. The Labute approximate surface area is 120 Å². The number of amides is 1. The molecule has 0 bridgehead atoms. The van der Waals surface area contributed by atoms with Gasteiger partial charge in [-0.25, -0.2) is 4.98 Å². The van der Waals surface area contributed by atoms with Gasteiger partial charge in [-0.15, -0.1) is 11.3 Å². The molecular weight excluding hydrogens is 276 g/mol. The zero-order valence-electron chi connectivity index (χ0n) is 11.0. The van der Waals surface area contributed by atoms with Crippen LogP contribution in [0.2, 0.25) is 0 Å². The maximum atomic E-state index is 12.0. The summed E-state index contributed by atoms with van der Waals surface area (Å²) in [7, 11) is 0. The SMILES string of the molecule is O=C(NCC1(O)CCCC1)c1csc(-c2ccco2)n1. The zero-order chi connectivity index (χ0) is 14.0. The number of aromatic nitrogens is 1. The van der Waals surface area contributed by atoms with E-state index in [9.17, 15) is 9.90 Å². The van der Waals surface area contributed by atoms with E-state index >= 15 is 0 Å². The molecule has 2 aromatic heterocycles. The van der Waals surface area contributed by atoms with Gasteiger partial charge in [-0.05, 0) is 25.0 Å². The third kappa shape index (κ3) is 2.76. The minimum Gasteiger partial charge on any atom is -0.462 e. The lowest BCUT2D eigenvalue weighted by Gasteiger charge is -2.21. The van der Waals surface area contributed by atoms with Crippen LogP contribution in [-0.4, -0.2) is 28.1 Å². The molecule has 1 fully saturated rings. The van der Waals surface area contributed by atoms with Gasteiger partial charge in [0.15, 0.2) is 10.8 Å². The summed E-state index contributed by atoms with van der Waals surface area (Å²) in [6, 6.07) is 3.59. The quantitative estimate of drug-likeness (QED) is 0.907. The second-order valence-electron chi connectivity index (χ2n) is 5.13. The number of carbonyl (C=O) groups is 1. The van der Waals surface area contributed by atoms with Gasteiger partial charge < -0.3 is 14.8 Å². The molecule has 1 aliphatic rings. The van der Waals surface area contributed by atoms with Gasteiger partial charge in [0.25, 0.3) is 5.91 Å². The predicted octanol–water partition coefficient (Wildman–Crippen LogP) is 2.44. The van der Waals surface area contributed by atoms with Gasteiger partial charge in [0.2, 0.25) is 0 Å². The van der Waals surface area contributed by atoms with Gasteiger partial charge in [-0.1, -0.05) is 12.8 Å². The van der Waals surface area contributed by atoms with Crippen LogP contribution in [-0.2, 0) is 0 Å². The van der Waals surface area contributed by atoms with Crippen molar-refractivity contribution in [3.63, 3.8) is 0 Å². The van der Waals surface area contributed by atoms with Crippen molar-refractivity contribution in [1.29, 1.82) is 0 Å². The molecule has 0 saturated heterocycles. The second-order valence-corrected chi connectivity index (χ2v) is 5.99. The van der Waals surface area contributed by atoms with Crippen LogP contribution in [0.5, 0.6) is 0 Å². The molecule has 3 rings (SSSR count). The van der Waals surface area contributed by atoms with Crippen LogP contribution in [0.4, 0.5) is 0 Å². The number of furan rings is 1. The molecule has 1 amide bonds. The lowest BCUT2D eigenvalue weighted by Crippen LogP contribution is -2.40. The van der Waals surface area contributed by atoms with Crippen LogP contribution in [0, 0.1) is 0 Å². The number of carbonyl (C=O) groups excluding carboxylic acids is 1. The van der Waals surface area contributed by atoms with E-state index in [0.29, 0.717) is 23.0 Å². The first-order valence-corrected chi connectivity index (χ1v) is 7.54. The van der Waals surface area contributed by atoms with Crippen LogP contribution in [0.15, 0.2) is 28.2 Å². The number of hydrogen-bond donors (Lipinski definition) is 2. The van der Waals surface area contributed by atoms with E-state index in [0.717, 1.165) is 25.7 Å².